The first kappa shape index (κ1) is 15.2. The SMILES string of the molecule is CC(NC(CN)c1cc(Br)c(Br)s1)c1ccccc1. The Morgan fingerprint density at radius 2 is 1.95 bits per heavy atom. The summed E-state index contributed by atoms with van der Waals surface area (Å²) in [5.74, 6) is 0. The van der Waals surface area contributed by atoms with Crippen molar-refractivity contribution >= 4 is 43.2 Å². The van der Waals surface area contributed by atoms with Gasteiger partial charge in [0.15, 0.2) is 0 Å². The molecule has 102 valence electrons. The number of hydrogen-bond donors (Lipinski definition) is 2. The summed E-state index contributed by atoms with van der Waals surface area (Å²) in [5, 5.41) is 3.58. The van der Waals surface area contributed by atoms with Crippen molar-refractivity contribution < 1.29 is 0 Å². The maximum Gasteiger partial charge on any atom is 0.0843 e. The fourth-order valence-electron chi connectivity index (χ4n) is 1.94. The third-order valence-electron chi connectivity index (χ3n) is 2.99. The maximum atomic E-state index is 5.90. The number of nitrogens with one attached hydrogen (secondary N) is 1. The predicted octanol–water partition coefficient (Wildman–Crippen LogP) is 4.62. The minimum absolute atomic E-state index is 0.169. The van der Waals surface area contributed by atoms with E-state index in [0.29, 0.717) is 6.54 Å². The number of benzene rings is 1. The van der Waals surface area contributed by atoms with E-state index in [-0.39, 0.29) is 12.1 Å². The second kappa shape index (κ2) is 6.99. The van der Waals surface area contributed by atoms with Gasteiger partial charge in [-0.1, -0.05) is 30.3 Å². The zero-order chi connectivity index (χ0) is 13.8. The molecule has 2 unspecified atom stereocenters. The zero-order valence-electron chi connectivity index (χ0n) is 10.6. The lowest BCUT2D eigenvalue weighted by Gasteiger charge is -2.21. The zero-order valence-corrected chi connectivity index (χ0v) is 14.6. The van der Waals surface area contributed by atoms with E-state index < -0.39 is 0 Å². The molecule has 19 heavy (non-hydrogen) atoms. The molecular weight excluding hydrogens is 388 g/mol. The molecule has 2 atom stereocenters. The highest BCUT2D eigenvalue weighted by Gasteiger charge is 2.17. The van der Waals surface area contributed by atoms with Crippen LogP contribution in [0.15, 0.2) is 44.7 Å². The van der Waals surface area contributed by atoms with Crippen molar-refractivity contribution in [1.29, 1.82) is 0 Å². The predicted molar refractivity (Wildman–Crippen MR) is 89.5 cm³/mol. The molecule has 5 heteroatoms. The number of nitrogens with two attached hydrogens (primary N) is 1. The van der Waals surface area contributed by atoms with Crippen molar-refractivity contribution in [2.75, 3.05) is 6.54 Å². The number of rotatable bonds is 5. The van der Waals surface area contributed by atoms with E-state index >= 15 is 0 Å². The molecule has 0 saturated carbocycles. The summed E-state index contributed by atoms with van der Waals surface area (Å²) in [5.41, 5.74) is 7.18. The van der Waals surface area contributed by atoms with E-state index in [1.165, 1.54) is 10.4 Å². The van der Waals surface area contributed by atoms with Crippen LogP contribution in [0.2, 0.25) is 0 Å². The van der Waals surface area contributed by atoms with Gasteiger partial charge in [-0.3, -0.25) is 0 Å². The molecule has 2 rings (SSSR count). The van der Waals surface area contributed by atoms with Crippen LogP contribution in [0, 0.1) is 0 Å². The summed E-state index contributed by atoms with van der Waals surface area (Å²) in [7, 11) is 0. The first-order valence-electron chi connectivity index (χ1n) is 6.07. The van der Waals surface area contributed by atoms with Gasteiger partial charge >= 0.3 is 0 Å². The average molecular weight is 404 g/mol. The van der Waals surface area contributed by atoms with Gasteiger partial charge in [0.1, 0.15) is 0 Å². The molecule has 0 fully saturated rings. The molecule has 0 spiro atoms. The number of halogens is 2. The molecular formula is C14H16Br2N2S. The molecule has 0 amide bonds. The van der Waals surface area contributed by atoms with Crippen LogP contribution >= 0.6 is 43.2 Å². The van der Waals surface area contributed by atoms with Gasteiger partial charge in [-0.05, 0) is 50.4 Å². The van der Waals surface area contributed by atoms with Crippen LogP contribution < -0.4 is 11.1 Å². The Bertz CT molecular complexity index is 508. The summed E-state index contributed by atoms with van der Waals surface area (Å²) in [4.78, 5) is 1.24. The highest BCUT2D eigenvalue weighted by Crippen LogP contribution is 2.35. The summed E-state index contributed by atoms with van der Waals surface area (Å²) in [6.07, 6.45) is 0. The van der Waals surface area contributed by atoms with Crippen LogP contribution in [-0.4, -0.2) is 6.54 Å². The monoisotopic (exact) mass is 402 g/mol. The van der Waals surface area contributed by atoms with E-state index in [9.17, 15) is 0 Å². The summed E-state index contributed by atoms with van der Waals surface area (Å²) in [6, 6.07) is 13.0. The molecule has 0 radical (unpaired) electrons. The van der Waals surface area contributed by atoms with E-state index in [1.807, 2.05) is 6.07 Å². The van der Waals surface area contributed by atoms with Gasteiger partial charge in [-0.15, -0.1) is 11.3 Å². The third-order valence-corrected chi connectivity index (χ3v) is 6.36. The number of thiophene rings is 1. The Morgan fingerprint density at radius 1 is 1.26 bits per heavy atom. The lowest BCUT2D eigenvalue weighted by molar-refractivity contribution is 0.478. The average Bonchev–Trinajstić information content (AvgIpc) is 2.76. The van der Waals surface area contributed by atoms with Crippen LogP contribution in [0.25, 0.3) is 0 Å². The molecule has 3 N–H and O–H groups in total. The second-order valence-corrected chi connectivity index (χ2v) is 7.61. The molecule has 1 aromatic heterocycles. The fraction of sp³-hybridized carbons (Fsp3) is 0.286. The first-order chi connectivity index (χ1) is 9.11. The van der Waals surface area contributed by atoms with Crippen molar-refractivity contribution in [1.82, 2.24) is 5.32 Å². The second-order valence-electron chi connectivity index (χ2n) is 4.36. The minimum atomic E-state index is 0.169. The molecule has 1 heterocycles. The highest BCUT2D eigenvalue weighted by atomic mass is 79.9. The van der Waals surface area contributed by atoms with E-state index in [0.717, 1.165) is 8.26 Å². The van der Waals surface area contributed by atoms with Crippen molar-refractivity contribution in [3.63, 3.8) is 0 Å². The molecule has 2 aromatic rings. The van der Waals surface area contributed by atoms with Crippen molar-refractivity contribution in [2.45, 2.75) is 19.0 Å². The van der Waals surface area contributed by atoms with Gasteiger partial charge < -0.3 is 11.1 Å². The summed E-state index contributed by atoms with van der Waals surface area (Å²) in [6.45, 7) is 2.74. The quantitative estimate of drug-likeness (QED) is 0.763. The molecule has 1 aromatic carbocycles. The van der Waals surface area contributed by atoms with Crippen LogP contribution in [0.3, 0.4) is 0 Å². The Hall–Kier alpha value is -0.200. The molecule has 2 nitrogen and oxygen atoms in total. The summed E-state index contributed by atoms with van der Waals surface area (Å²) >= 11 is 8.76. The van der Waals surface area contributed by atoms with Gasteiger partial charge in [-0.2, -0.15) is 0 Å². The maximum absolute atomic E-state index is 5.90. The largest absolute Gasteiger partial charge is 0.329 e. The molecule has 0 aliphatic heterocycles. The Labute approximate surface area is 134 Å². The Kier molecular flexibility index (Phi) is 5.59. The van der Waals surface area contributed by atoms with Crippen LogP contribution in [0.5, 0.6) is 0 Å². The van der Waals surface area contributed by atoms with E-state index in [2.05, 4.69) is 74.4 Å². The molecule has 0 aliphatic carbocycles. The molecule has 0 bridgehead atoms. The van der Waals surface area contributed by atoms with Crippen molar-refractivity contribution in [3.8, 4) is 0 Å². The van der Waals surface area contributed by atoms with E-state index in [4.69, 9.17) is 5.73 Å². The Morgan fingerprint density at radius 3 is 2.47 bits per heavy atom. The minimum Gasteiger partial charge on any atom is -0.329 e. The van der Waals surface area contributed by atoms with Gasteiger partial charge in [0.2, 0.25) is 0 Å². The van der Waals surface area contributed by atoms with Crippen molar-refractivity contribution in [3.05, 3.63) is 55.1 Å². The van der Waals surface area contributed by atoms with Crippen molar-refractivity contribution in [2.24, 2.45) is 5.73 Å². The fourth-order valence-corrected chi connectivity index (χ4v) is 4.10. The van der Waals surface area contributed by atoms with Gasteiger partial charge in [0.25, 0.3) is 0 Å². The Balaban J connectivity index is 2.11. The van der Waals surface area contributed by atoms with Gasteiger partial charge in [-0.25, -0.2) is 0 Å². The highest BCUT2D eigenvalue weighted by molar-refractivity contribution is 9.13. The van der Waals surface area contributed by atoms with E-state index in [1.54, 1.807) is 11.3 Å². The first-order valence-corrected chi connectivity index (χ1v) is 8.48. The topological polar surface area (TPSA) is 38.0 Å². The van der Waals surface area contributed by atoms with Gasteiger partial charge in [0, 0.05) is 21.9 Å². The third kappa shape index (κ3) is 3.89. The number of hydrogen-bond acceptors (Lipinski definition) is 3. The molecule has 0 saturated heterocycles. The standard InChI is InChI=1S/C14H16Br2N2S/c1-9(10-5-3-2-4-6-10)18-12(8-17)13-7-11(15)14(16)19-13/h2-7,9,12,18H,8,17H2,1H3. The van der Waals surface area contributed by atoms with Crippen LogP contribution in [0.4, 0.5) is 0 Å². The molecule has 0 aliphatic rings. The normalized spacial score (nSPS) is 14.3. The lowest BCUT2D eigenvalue weighted by atomic mass is 10.1. The van der Waals surface area contributed by atoms with Gasteiger partial charge in [0.05, 0.1) is 9.83 Å². The lowest BCUT2D eigenvalue weighted by Crippen LogP contribution is -2.29. The van der Waals surface area contributed by atoms with Crippen LogP contribution in [0.1, 0.15) is 29.4 Å². The smallest absolute Gasteiger partial charge is 0.0843 e. The summed E-state index contributed by atoms with van der Waals surface area (Å²) < 4.78 is 2.19. The van der Waals surface area contributed by atoms with Crippen LogP contribution in [-0.2, 0) is 0 Å².